The van der Waals surface area contributed by atoms with Crippen LogP contribution in [0.15, 0.2) is 24.3 Å². The van der Waals surface area contributed by atoms with E-state index in [1.807, 2.05) is 24.3 Å². The molecular formula is C13H20ClN3. The summed E-state index contributed by atoms with van der Waals surface area (Å²) in [6, 6.07) is 7.87. The Kier molecular flexibility index (Phi) is 4.66. The number of rotatable bonds is 4. The van der Waals surface area contributed by atoms with Crippen LogP contribution in [0.25, 0.3) is 0 Å². The van der Waals surface area contributed by atoms with Gasteiger partial charge in [0.1, 0.15) is 0 Å². The molecule has 1 heterocycles. The van der Waals surface area contributed by atoms with Gasteiger partial charge < -0.3 is 10.2 Å². The van der Waals surface area contributed by atoms with Crippen LogP contribution < -0.4 is 5.32 Å². The monoisotopic (exact) mass is 253 g/mol. The maximum Gasteiger partial charge on any atom is 0.0407 e. The van der Waals surface area contributed by atoms with Crippen molar-refractivity contribution in [3.63, 3.8) is 0 Å². The summed E-state index contributed by atoms with van der Waals surface area (Å²) in [5.74, 6) is 0. The number of hydrogen-bond acceptors (Lipinski definition) is 3. The molecule has 1 aliphatic rings. The van der Waals surface area contributed by atoms with E-state index in [0.717, 1.165) is 23.8 Å². The summed E-state index contributed by atoms with van der Waals surface area (Å²) in [6.07, 6.45) is 0. The number of anilines is 1. The first-order chi connectivity index (χ1) is 8.24. The average Bonchev–Trinajstić information content (AvgIpc) is 2.34. The van der Waals surface area contributed by atoms with Crippen LogP contribution in [-0.4, -0.2) is 56.1 Å². The Hall–Kier alpha value is -0.770. The van der Waals surface area contributed by atoms with Gasteiger partial charge >= 0.3 is 0 Å². The van der Waals surface area contributed by atoms with Crippen molar-refractivity contribution in [3.05, 3.63) is 29.3 Å². The topological polar surface area (TPSA) is 18.5 Å². The molecule has 1 aromatic rings. The van der Waals surface area contributed by atoms with Crippen molar-refractivity contribution in [1.29, 1.82) is 0 Å². The van der Waals surface area contributed by atoms with Crippen LogP contribution in [0.5, 0.6) is 0 Å². The van der Waals surface area contributed by atoms with Crippen molar-refractivity contribution in [1.82, 2.24) is 9.80 Å². The molecule has 4 heteroatoms. The molecule has 0 unspecified atom stereocenters. The van der Waals surface area contributed by atoms with Crippen LogP contribution >= 0.6 is 11.6 Å². The molecule has 2 rings (SSSR count). The first-order valence-corrected chi connectivity index (χ1v) is 6.52. The molecule has 1 aromatic carbocycles. The van der Waals surface area contributed by atoms with Crippen molar-refractivity contribution in [2.45, 2.75) is 0 Å². The first-order valence-electron chi connectivity index (χ1n) is 6.14. The third-order valence-corrected chi connectivity index (χ3v) is 3.45. The Morgan fingerprint density at radius 1 is 1.12 bits per heavy atom. The number of nitrogens with zero attached hydrogens (tertiary/aromatic N) is 2. The van der Waals surface area contributed by atoms with Crippen molar-refractivity contribution in [3.8, 4) is 0 Å². The largest absolute Gasteiger partial charge is 0.384 e. The molecule has 0 amide bonds. The Morgan fingerprint density at radius 2 is 1.76 bits per heavy atom. The van der Waals surface area contributed by atoms with Gasteiger partial charge in [-0.15, -0.1) is 0 Å². The number of hydrogen-bond donors (Lipinski definition) is 1. The minimum atomic E-state index is 0.787. The second-order valence-electron chi connectivity index (χ2n) is 4.58. The van der Waals surface area contributed by atoms with E-state index in [2.05, 4.69) is 22.2 Å². The summed E-state index contributed by atoms with van der Waals surface area (Å²) < 4.78 is 0. The second kappa shape index (κ2) is 6.24. The summed E-state index contributed by atoms with van der Waals surface area (Å²) in [4.78, 5) is 4.88. The van der Waals surface area contributed by atoms with Gasteiger partial charge in [-0.2, -0.15) is 0 Å². The minimum Gasteiger partial charge on any atom is -0.384 e. The Morgan fingerprint density at radius 3 is 2.41 bits per heavy atom. The van der Waals surface area contributed by atoms with Gasteiger partial charge in [0, 0.05) is 50.0 Å². The second-order valence-corrected chi connectivity index (χ2v) is 5.02. The normalized spacial score (nSPS) is 18.2. The van der Waals surface area contributed by atoms with Gasteiger partial charge in [-0.25, -0.2) is 0 Å². The van der Waals surface area contributed by atoms with Gasteiger partial charge in [0.15, 0.2) is 0 Å². The standard InChI is InChI=1S/C13H20ClN3/c1-16-8-10-17(11-9-16)7-6-15-13-4-2-12(14)3-5-13/h2-5,15H,6-11H2,1H3. The highest BCUT2D eigenvalue weighted by Crippen LogP contribution is 2.13. The molecule has 0 aliphatic carbocycles. The van der Waals surface area contributed by atoms with Crippen LogP contribution in [0.3, 0.4) is 0 Å². The predicted molar refractivity (Wildman–Crippen MR) is 73.9 cm³/mol. The molecule has 94 valence electrons. The maximum absolute atomic E-state index is 5.84. The molecular weight excluding hydrogens is 234 g/mol. The van der Waals surface area contributed by atoms with Crippen LogP contribution in [0.1, 0.15) is 0 Å². The molecule has 0 aromatic heterocycles. The van der Waals surface area contributed by atoms with Gasteiger partial charge in [-0.3, -0.25) is 4.90 Å². The molecule has 0 saturated carbocycles. The molecule has 1 N–H and O–H groups in total. The van der Waals surface area contributed by atoms with Gasteiger partial charge in [0.25, 0.3) is 0 Å². The fourth-order valence-electron chi connectivity index (χ4n) is 2.00. The van der Waals surface area contributed by atoms with E-state index in [1.54, 1.807) is 0 Å². The Labute approximate surface area is 108 Å². The predicted octanol–water partition coefficient (Wildman–Crippen LogP) is 2.00. The highest BCUT2D eigenvalue weighted by molar-refractivity contribution is 6.30. The fourth-order valence-corrected chi connectivity index (χ4v) is 2.12. The smallest absolute Gasteiger partial charge is 0.0407 e. The van der Waals surface area contributed by atoms with Gasteiger partial charge in [-0.1, -0.05) is 11.6 Å². The fraction of sp³-hybridized carbons (Fsp3) is 0.538. The summed E-state index contributed by atoms with van der Waals surface area (Å²) in [5, 5.41) is 4.20. The lowest BCUT2D eigenvalue weighted by Crippen LogP contribution is -2.45. The zero-order valence-electron chi connectivity index (χ0n) is 10.3. The Balaban J connectivity index is 1.67. The van der Waals surface area contributed by atoms with Gasteiger partial charge in [-0.05, 0) is 31.3 Å². The average molecular weight is 254 g/mol. The molecule has 17 heavy (non-hydrogen) atoms. The van der Waals surface area contributed by atoms with Crippen LogP contribution in [0, 0.1) is 0 Å². The van der Waals surface area contributed by atoms with E-state index < -0.39 is 0 Å². The van der Waals surface area contributed by atoms with E-state index >= 15 is 0 Å². The van der Waals surface area contributed by atoms with Gasteiger partial charge in [0.05, 0.1) is 0 Å². The Bertz CT molecular complexity index is 331. The molecule has 0 spiro atoms. The van der Waals surface area contributed by atoms with Gasteiger partial charge in [0.2, 0.25) is 0 Å². The van der Waals surface area contributed by atoms with E-state index in [9.17, 15) is 0 Å². The van der Waals surface area contributed by atoms with E-state index in [-0.39, 0.29) is 0 Å². The molecule has 0 bridgehead atoms. The number of halogens is 1. The lowest BCUT2D eigenvalue weighted by molar-refractivity contribution is 0.158. The lowest BCUT2D eigenvalue weighted by Gasteiger charge is -2.32. The number of piperazine rings is 1. The summed E-state index contributed by atoms with van der Waals surface area (Å²) >= 11 is 5.84. The molecule has 1 aliphatic heterocycles. The minimum absolute atomic E-state index is 0.787. The summed E-state index contributed by atoms with van der Waals surface area (Å²) in [5.41, 5.74) is 1.14. The molecule has 3 nitrogen and oxygen atoms in total. The molecule has 0 atom stereocenters. The zero-order valence-corrected chi connectivity index (χ0v) is 11.1. The summed E-state index contributed by atoms with van der Waals surface area (Å²) in [6.45, 7) is 6.82. The van der Waals surface area contributed by atoms with Crippen molar-refractivity contribution in [2.75, 3.05) is 51.6 Å². The van der Waals surface area contributed by atoms with Crippen molar-refractivity contribution < 1.29 is 0 Å². The lowest BCUT2D eigenvalue weighted by atomic mass is 10.3. The maximum atomic E-state index is 5.84. The van der Waals surface area contributed by atoms with E-state index in [4.69, 9.17) is 11.6 Å². The first kappa shape index (κ1) is 12.7. The van der Waals surface area contributed by atoms with E-state index in [0.29, 0.717) is 0 Å². The van der Waals surface area contributed by atoms with Crippen LogP contribution in [-0.2, 0) is 0 Å². The molecule has 0 radical (unpaired) electrons. The number of likely N-dealkylation sites (N-methyl/N-ethyl adjacent to an activating group) is 1. The van der Waals surface area contributed by atoms with Crippen LogP contribution in [0.4, 0.5) is 5.69 Å². The van der Waals surface area contributed by atoms with Crippen molar-refractivity contribution >= 4 is 17.3 Å². The molecule has 1 saturated heterocycles. The third-order valence-electron chi connectivity index (χ3n) is 3.20. The summed E-state index contributed by atoms with van der Waals surface area (Å²) in [7, 11) is 2.18. The highest BCUT2D eigenvalue weighted by Gasteiger charge is 2.12. The molecule has 1 fully saturated rings. The zero-order chi connectivity index (χ0) is 12.1. The van der Waals surface area contributed by atoms with Crippen molar-refractivity contribution in [2.24, 2.45) is 0 Å². The highest BCUT2D eigenvalue weighted by atomic mass is 35.5. The van der Waals surface area contributed by atoms with Crippen LogP contribution in [0.2, 0.25) is 5.02 Å². The number of nitrogens with one attached hydrogen (secondary N) is 1. The number of benzene rings is 1. The SMILES string of the molecule is CN1CCN(CCNc2ccc(Cl)cc2)CC1. The quantitative estimate of drug-likeness (QED) is 0.886. The third kappa shape index (κ3) is 4.19. The van der Waals surface area contributed by atoms with E-state index in [1.165, 1.54) is 26.2 Å².